The molecule has 0 saturated carbocycles. The van der Waals surface area contributed by atoms with Crippen LogP contribution in [0.3, 0.4) is 0 Å². The Labute approximate surface area is 94.8 Å². The van der Waals surface area contributed by atoms with Crippen LogP contribution in [0.5, 0.6) is 5.75 Å². The number of carboxylic acids is 1. The molecule has 6 heteroatoms. The van der Waals surface area contributed by atoms with Gasteiger partial charge in [-0.2, -0.15) is 13.2 Å². The summed E-state index contributed by atoms with van der Waals surface area (Å²) >= 11 is 0. The van der Waals surface area contributed by atoms with Crippen LogP contribution in [0.4, 0.5) is 13.2 Å². The van der Waals surface area contributed by atoms with Crippen molar-refractivity contribution in [2.24, 2.45) is 5.92 Å². The molecule has 17 heavy (non-hydrogen) atoms. The Morgan fingerprint density at radius 2 is 2.00 bits per heavy atom. The summed E-state index contributed by atoms with van der Waals surface area (Å²) in [6, 6.07) is 6.16. The van der Waals surface area contributed by atoms with Gasteiger partial charge in [0.2, 0.25) is 6.10 Å². The van der Waals surface area contributed by atoms with E-state index in [-0.39, 0.29) is 12.2 Å². The van der Waals surface area contributed by atoms with Crippen molar-refractivity contribution >= 4 is 5.97 Å². The molecule has 3 nitrogen and oxygen atoms in total. The highest BCUT2D eigenvalue weighted by Gasteiger charge is 2.51. The van der Waals surface area contributed by atoms with E-state index in [1.165, 1.54) is 6.07 Å². The quantitative estimate of drug-likeness (QED) is 0.826. The van der Waals surface area contributed by atoms with Crippen molar-refractivity contribution in [1.82, 2.24) is 0 Å². The molecule has 0 amide bonds. The molecule has 1 heterocycles. The van der Waals surface area contributed by atoms with E-state index in [2.05, 4.69) is 0 Å². The maximum Gasteiger partial charge on any atom is 0.426 e. The maximum atomic E-state index is 12.7. The third kappa shape index (κ3) is 2.20. The Morgan fingerprint density at radius 3 is 2.59 bits per heavy atom. The Morgan fingerprint density at radius 1 is 1.35 bits per heavy atom. The first-order valence-corrected chi connectivity index (χ1v) is 4.93. The van der Waals surface area contributed by atoms with Crippen LogP contribution < -0.4 is 4.74 Å². The van der Waals surface area contributed by atoms with E-state index >= 15 is 0 Å². The largest absolute Gasteiger partial charge is 0.481 e. The minimum absolute atomic E-state index is 0.104. The third-order valence-corrected chi connectivity index (χ3v) is 2.67. The number of hydrogen-bond acceptors (Lipinski definition) is 2. The van der Waals surface area contributed by atoms with Crippen LogP contribution in [0.1, 0.15) is 5.56 Å². The summed E-state index contributed by atoms with van der Waals surface area (Å²) in [5.74, 6) is -2.99. The molecule has 0 saturated heterocycles. The highest BCUT2D eigenvalue weighted by molar-refractivity contribution is 5.72. The summed E-state index contributed by atoms with van der Waals surface area (Å²) in [6.07, 6.45) is -7.14. The van der Waals surface area contributed by atoms with Gasteiger partial charge in [-0.1, -0.05) is 18.2 Å². The molecule has 92 valence electrons. The van der Waals surface area contributed by atoms with Gasteiger partial charge in [0.25, 0.3) is 0 Å². The molecule has 1 N–H and O–H groups in total. The van der Waals surface area contributed by atoms with Crippen LogP contribution in [0.25, 0.3) is 0 Å². The zero-order chi connectivity index (χ0) is 12.6. The van der Waals surface area contributed by atoms with Crippen molar-refractivity contribution in [2.45, 2.75) is 18.7 Å². The molecular formula is C11H9F3O3. The number of hydrogen-bond donors (Lipinski definition) is 1. The number of rotatable bonds is 1. The fraction of sp³-hybridized carbons (Fsp3) is 0.364. The molecule has 2 rings (SSSR count). The highest BCUT2D eigenvalue weighted by atomic mass is 19.4. The predicted octanol–water partition coefficient (Wildman–Crippen LogP) is 2.25. The summed E-state index contributed by atoms with van der Waals surface area (Å²) in [4.78, 5) is 10.8. The molecule has 0 fully saturated rings. The standard InChI is InChI=1S/C11H9F3O3/c12-11(13,14)9-7(10(15)16)5-6-3-1-2-4-8(6)17-9/h1-4,7,9H,5H2,(H,15,16). The van der Waals surface area contributed by atoms with E-state index in [1.54, 1.807) is 18.2 Å². The Hall–Kier alpha value is -1.72. The van der Waals surface area contributed by atoms with Gasteiger partial charge in [-0.25, -0.2) is 0 Å². The molecule has 2 unspecified atom stereocenters. The van der Waals surface area contributed by atoms with Crippen molar-refractivity contribution in [3.8, 4) is 5.75 Å². The number of ether oxygens (including phenoxy) is 1. The number of aliphatic carboxylic acids is 1. The van der Waals surface area contributed by atoms with Gasteiger partial charge < -0.3 is 9.84 Å². The second-order valence-electron chi connectivity index (χ2n) is 3.84. The second-order valence-corrected chi connectivity index (χ2v) is 3.84. The molecule has 0 radical (unpaired) electrons. The average molecular weight is 246 g/mol. The molecule has 0 bridgehead atoms. The van der Waals surface area contributed by atoms with E-state index < -0.39 is 24.2 Å². The predicted molar refractivity (Wildman–Crippen MR) is 51.7 cm³/mol. The van der Waals surface area contributed by atoms with Gasteiger partial charge in [-0.3, -0.25) is 4.79 Å². The number of benzene rings is 1. The number of alkyl halides is 3. The van der Waals surface area contributed by atoms with E-state index in [4.69, 9.17) is 9.84 Å². The maximum absolute atomic E-state index is 12.7. The summed E-state index contributed by atoms with van der Waals surface area (Å²) in [5, 5.41) is 8.82. The van der Waals surface area contributed by atoms with Crippen LogP contribution in [0, 0.1) is 5.92 Å². The van der Waals surface area contributed by atoms with Gasteiger partial charge in [0.05, 0.1) is 0 Å². The van der Waals surface area contributed by atoms with Gasteiger partial charge in [-0.05, 0) is 18.1 Å². The van der Waals surface area contributed by atoms with Gasteiger partial charge in [0.15, 0.2) is 0 Å². The zero-order valence-corrected chi connectivity index (χ0v) is 8.57. The van der Waals surface area contributed by atoms with Crippen LogP contribution in [0.15, 0.2) is 24.3 Å². The molecule has 0 aliphatic carbocycles. The summed E-state index contributed by atoms with van der Waals surface area (Å²) in [6.45, 7) is 0. The summed E-state index contributed by atoms with van der Waals surface area (Å²) in [5.41, 5.74) is 0.486. The lowest BCUT2D eigenvalue weighted by Gasteiger charge is -2.32. The minimum atomic E-state index is -4.68. The number of carboxylic acid groups (broad SMARTS) is 1. The molecule has 0 spiro atoms. The van der Waals surface area contributed by atoms with Crippen molar-refractivity contribution in [3.63, 3.8) is 0 Å². The summed E-state index contributed by atoms with van der Waals surface area (Å²) < 4.78 is 42.7. The molecule has 1 aromatic rings. The Balaban J connectivity index is 2.38. The first-order valence-electron chi connectivity index (χ1n) is 4.93. The highest BCUT2D eigenvalue weighted by Crippen LogP contribution is 2.38. The molecule has 0 aromatic heterocycles. The number of carbonyl (C=O) groups is 1. The van der Waals surface area contributed by atoms with Gasteiger partial charge in [0, 0.05) is 0 Å². The fourth-order valence-corrected chi connectivity index (χ4v) is 1.86. The number of para-hydroxylation sites is 1. The SMILES string of the molecule is O=C(O)C1Cc2ccccc2OC1C(F)(F)F. The average Bonchev–Trinajstić information content (AvgIpc) is 2.26. The first-order chi connectivity index (χ1) is 7.89. The van der Waals surface area contributed by atoms with Crippen molar-refractivity contribution in [3.05, 3.63) is 29.8 Å². The minimum Gasteiger partial charge on any atom is -0.481 e. The van der Waals surface area contributed by atoms with Gasteiger partial charge in [-0.15, -0.1) is 0 Å². The molecule has 1 aromatic carbocycles. The smallest absolute Gasteiger partial charge is 0.426 e. The van der Waals surface area contributed by atoms with E-state index in [0.29, 0.717) is 5.56 Å². The van der Waals surface area contributed by atoms with E-state index in [1.807, 2.05) is 0 Å². The lowest BCUT2D eigenvalue weighted by Crippen LogP contribution is -2.47. The zero-order valence-electron chi connectivity index (χ0n) is 8.57. The van der Waals surface area contributed by atoms with Crippen molar-refractivity contribution in [2.75, 3.05) is 0 Å². The monoisotopic (exact) mass is 246 g/mol. The topological polar surface area (TPSA) is 46.5 Å². The first kappa shape index (κ1) is 11.8. The second kappa shape index (κ2) is 3.94. The van der Waals surface area contributed by atoms with Crippen LogP contribution in [-0.4, -0.2) is 23.4 Å². The fourth-order valence-electron chi connectivity index (χ4n) is 1.86. The van der Waals surface area contributed by atoms with Crippen LogP contribution in [0.2, 0.25) is 0 Å². The Kier molecular flexibility index (Phi) is 2.73. The normalized spacial score (nSPS) is 23.7. The molecule has 1 aliphatic heterocycles. The number of halogens is 3. The van der Waals surface area contributed by atoms with E-state index in [0.717, 1.165) is 0 Å². The summed E-state index contributed by atoms with van der Waals surface area (Å²) in [7, 11) is 0. The third-order valence-electron chi connectivity index (χ3n) is 2.67. The van der Waals surface area contributed by atoms with Crippen molar-refractivity contribution in [1.29, 1.82) is 0 Å². The molecule has 1 aliphatic rings. The van der Waals surface area contributed by atoms with E-state index in [9.17, 15) is 18.0 Å². The van der Waals surface area contributed by atoms with Crippen LogP contribution >= 0.6 is 0 Å². The van der Waals surface area contributed by atoms with Gasteiger partial charge in [0.1, 0.15) is 11.7 Å². The molecule has 2 atom stereocenters. The van der Waals surface area contributed by atoms with Gasteiger partial charge >= 0.3 is 12.1 Å². The van der Waals surface area contributed by atoms with Crippen molar-refractivity contribution < 1.29 is 27.8 Å². The molecular weight excluding hydrogens is 237 g/mol. The van der Waals surface area contributed by atoms with Crippen LogP contribution in [-0.2, 0) is 11.2 Å². The lowest BCUT2D eigenvalue weighted by atomic mass is 9.90. The Bertz CT molecular complexity index is 442. The lowest BCUT2D eigenvalue weighted by molar-refractivity contribution is -0.217. The number of fused-ring (bicyclic) bond motifs is 1.